The molecule has 2 rings (SSSR count). The third kappa shape index (κ3) is 3.96. The molecule has 0 aliphatic heterocycles. The summed E-state index contributed by atoms with van der Waals surface area (Å²) in [5.74, 6) is 0. The van der Waals surface area contributed by atoms with Crippen molar-refractivity contribution in [3.8, 4) is 0 Å². The molecule has 1 unspecified atom stereocenters. The predicted molar refractivity (Wildman–Crippen MR) is 79.4 cm³/mol. The normalized spacial score (nSPS) is 15.3. The lowest BCUT2D eigenvalue weighted by atomic mass is 9.95. The molecule has 0 bridgehead atoms. The Morgan fingerprint density at radius 1 is 1.29 bits per heavy atom. The molecule has 1 atom stereocenters. The molecular weight excluding hydrogens is 299 g/mol. The Kier molecular flexibility index (Phi) is 4.60. The number of aliphatic hydroxyl groups is 1. The molecule has 0 fully saturated rings. The highest BCUT2D eigenvalue weighted by molar-refractivity contribution is 7.17. The lowest BCUT2D eigenvalue weighted by molar-refractivity contribution is -0.137. The van der Waals surface area contributed by atoms with E-state index in [0.717, 1.165) is 29.9 Å². The first kappa shape index (κ1) is 16.3. The van der Waals surface area contributed by atoms with Gasteiger partial charge in [0.25, 0.3) is 0 Å². The van der Waals surface area contributed by atoms with Crippen LogP contribution in [0.15, 0.2) is 23.6 Å². The summed E-state index contributed by atoms with van der Waals surface area (Å²) < 4.78 is 38.6. The Labute approximate surface area is 125 Å². The van der Waals surface area contributed by atoms with Gasteiger partial charge in [-0.3, -0.25) is 0 Å². The average Bonchev–Trinajstić information content (AvgIpc) is 2.80. The number of hydrogen-bond acceptors (Lipinski definition) is 3. The quantitative estimate of drug-likeness (QED) is 0.877. The minimum atomic E-state index is -4.30. The number of hydrogen-bond donors (Lipinski definition) is 2. The average molecular weight is 317 g/mol. The second-order valence-corrected chi connectivity index (χ2v) is 6.55. The molecule has 1 aromatic carbocycles. The number of nitrogens with two attached hydrogens (primary N) is 1. The Morgan fingerprint density at radius 2 is 2.00 bits per heavy atom. The number of aliphatic hydroxyl groups excluding tert-OH is 1. The van der Waals surface area contributed by atoms with Gasteiger partial charge in [0.2, 0.25) is 0 Å². The summed E-state index contributed by atoms with van der Waals surface area (Å²) in [6, 6.07) is 3.86. The molecule has 2 aromatic rings. The van der Waals surface area contributed by atoms with Gasteiger partial charge in [-0.15, -0.1) is 11.3 Å². The zero-order valence-corrected chi connectivity index (χ0v) is 12.5. The van der Waals surface area contributed by atoms with Crippen LogP contribution in [-0.4, -0.2) is 17.3 Å². The van der Waals surface area contributed by atoms with Crippen LogP contribution in [0.25, 0.3) is 10.1 Å². The summed E-state index contributed by atoms with van der Waals surface area (Å²) in [5.41, 5.74) is 5.69. The zero-order chi connectivity index (χ0) is 15.7. The topological polar surface area (TPSA) is 46.2 Å². The molecule has 3 N–H and O–H groups in total. The van der Waals surface area contributed by atoms with E-state index in [2.05, 4.69) is 0 Å². The maximum Gasteiger partial charge on any atom is 0.416 e. The Morgan fingerprint density at radius 3 is 2.62 bits per heavy atom. The standard InChI is InChI=1S/C15H18F3NOS/c1-14(19,9-20)6-2-3-10-8-21-13-7-11(15(16,17)18)4-5-12(10)13/h4-5,7-8,20H,2-3,6,9,19H2,1H3. The Bertz CT molecular complexity index is 619. The van der Waals surface area contributed by atoms with Crippen molar-refractivity contribution in [3.05, 3.63) is 34.7 Å². The van der Waals surface area contributed by atoms with Gasteiger partial charge in [-0.05, 0) is 54.6 Å². The molecule has 1 heterocycles. The molecule has 6 heteroatoms. The van der Waals surface area contributed by atoms with Crippen molar-refractivity contribution >= 4 is 21.4 Å². The number of rotatable bonds is 5. The van der Waals surface area contributed by atoms with E-state index in [1.54, 1.807) is 6.92 Å². The maximum absolute atomic E-state index is 12.7. The number of aryl methyl sites for hydroxylation is 1. The Hall–Kier alpha value is -1.11. The van der Waals surface area contributed by atoms with Crippen LogP contribution in [0.1, 0.15) is 30.9 Å². The van der Waals surface area contributed by atoms with Crippen LogP contribution < -0.4 is 5.73 Å². The lowest BCUT2D eigenvalue weighted by Crippen LogP contribution is -2.40. The van der Waals surface area contributed by atoms with E-state index in [1.807, 2.05) is 5.38 Å². The fourth-order valence-corrected chi connectivity index (χ4v) is 3.25. The smallest absolute Gasteiger partial charge is 0.394 e. The van der Waals surface area contributed by atoms with Crippen LogP contribution in [0.5, 0.6) is 0 Å². The fourth-order valence-electron chi connectivity index (χ4n) is 2.21. The first-order valence-corrected chi connectivity index (χ1v) is 7.58. The molecule has 2 nitrogen and oxygen atoms in total. The number of benzene rings is 1. The van der Waals surface area contributed by atoms with Gasteiger partial charge in [0.1, 0.15) is 0 Å². The maximum atomic E-state index is 12.7. The zero-order valence-electron chi connectivity index (χ0n) is 11.7. The molecule has 0 aliphatic rings. The van der Waals surface area contributed by atoms with Crippen molar-refractivity contribution in [3.63, 3.8) is 0 Å². The minimum absolute atomic E-state index is 0.0771. The van der Waals surface area contributed by atoms with Crippen molar-refractivity contribution in [1.82, 2.24) is 0 Å². The van der Waals surface area contributed by atoms with Crippen molar-refractivity contribution < 1.29 is 18.3 Å². The molecule has 0 amide bonds. The first-order valence-electron chi connectivity index (χ1n) is 6.70. The van der Waals surface area contributed by atoms with Gasteiger partial charge in [-0.1, -0.05) is 6.07 Å². The Balaban J connectivity index is 2.12. The fraction of sp³-hybridized carbons (Fsp3) is 0.467. The van der Waals surface area contributed by atoms with E-state index < -0.39 is 17.3 Å². The molecular formula is C15H18F3NOS. The summed E-state index contributed by atoms with van der Waals surface area (Å²) >= 11 is 1.33. The SMILES string of the molecule is CC(N)(CO)CCCc1csc2cc(C(F)(F)F)ccc12. The summed E-state index contributed by atoms with van der Waals surface area (Å²) in [5, 5.41) is 11.9. The monoisotopic (exact) mass is 317 g/mol. The van der Waals surface area contributed by atoms with Crippen LogP contribution in [0.2, 0.25) is 0 Å². The predicted octanol–water partition coefficient (Wildman–Crippen LogP) is 3.95. The molecule has 0 saturated carbocycles. The van der Waals surface area contributed by atoms with Crippen molar-refractivity contribution in [2.24, 2.45) is 5.73 Å². The first-order chi connectivity index (χ1) is 9.73. The molecule has 0 spiro atoms. The summed E-state index contributed by atoms with van der Waals surface area (Å²) in [7, 11) is 0. The number of alkyl halides is 3. The molecule has 0 saturated heterocycles. The van der Waals surface area contributed by atoms with Gasteiger partial charge in [0, 0.05) is 10.2 Å². The molecule has 0 radical (unpaired) electrons. The van der Waals surface area contributed by atoms with E-state index in [4.69, 9.17) is 10.8 Å². The number of halogens is 3. The van der Waals surface area contributed by atoms with Crippen molar-refractivity contribution in [1.29, 1.82) is 0 Å². The summed E-state index contributed by atoms with van der Waals surface area (Å²) in [6.07, 6.45) is -2.10. The number of thiophene rings is 1. The molecule has 21 heavy (non-hydrogen) atoms. The van der Waals surface area contributed by atoms with E-state index in [9.17, 15) is 13.2 Å². The van der Waals surface area contributed by atoms with Crippen LogP contribution in [0, 0.1) is 0 Å². The minimum Gasteiger partial charge on any atom is -0.394 e. The van der Waals surface area contributed by atoms with E-state index in [0.29, 0.717) is 11.1 Å². The van der Waals surface area contributed by atoms with E-state index in [1.165, 1.54) is 23.5 Å². The van der Waals surface area contributed by atoms with Gasteiger partial charge in [0.05, 0.1) is 12.2 Å². The highest BCUT2D eigenvalue weighted by Crippen LogP contribution is 2.35. The van der Waals surface area contributed by atoms with Gasteiger partial charge in [-0.2, -0.15) is 13.2 Å². The van der Waals surface area contributed by atoms with Crippen LogP contribution >= 0.6 is 11.3 Å². The van der Waals surface area contributed by atoms with Crippen molar-refractivity contribution in [2.75, 3.05) is 6.61 Å². The van der Waals surface area contributed by atoms with Gasteiger partial charge < -0.3 is 10.8 Å². The third-order valence-corrected chi connectivity index (χ3v) is 4.53. The molecule has 1 aromatic heterocycles. The van der Waals surface area contributed by atoms with Crippen molar-refractivity contribution in [2.45, 2.75) is 37.9 Å². The highest BCUT2D eigenvalue weighted by Gasteiger charge is 2.30. The largest absolute Gasteiger partial charge is 0.416 e. The summed E-state index contributed by atoms with van der Waals surface area (Å²) in [6.45, 7) is 1.71. The summed E-state index contributed by atoms with van der Waals surface area (Å²) in [4.78, 5) is 0. The van der Waals surface area contributed by atoms with E-state index in [-0.39, 0.29) is 6.61 Å². The van der Waals surface area contributed by atoms with Gasteiger partial charge in [-0.25, -0.2) is 0 Å². The highest BCUT2D eigenvalue weighted by atomic mass is 32.1. The lowest BCUT2D eigenvalue weighted by Gasteiger charge is -2.21. The van der Waals surface area contributed by atoms with Crippen LogP contribution in [-0.2, 0) is 12.6 Å². The van der Waals surface area contributed by atoms with Crippen LogP contribution in [0.4, 0.5) is 13.2 Å². The van der Waals surface area contributed by atoms with E-state index >= 15 is 0 Å². The van der Waals surface area contributed by atoms with Gasteiger partial charge >= 0.3 is 6.18 Å². The second-order valence-electron chi connectivity index (χ2n) is 5.64. The molecule has 116 valence electrons. The number of fused-ring (bicyclic) bond motifs is 1. The van der Waals surface area contributed by atoms with Gasteiger partial charge in [0.15, 0.2) is 0 Å². The molecule has 0 aliphatic carbocycles. The third-order valence-electron chi connectivity index (χ3n) is 3.54. The second kappa shape index (κ2) is 5.94. The van der Waals surface area contributed by atoms with Crippen LogP contribution in [0.3, 0.4) is 0 Å².